The Kier molecular flexibility index (Phi) is 5.85. The predicted octanol–water partition coefficient (Wildman–Crippen LogP) is 2.76. The van der Waals surface area contributed by atoms with Crippen molar-refractivity contribution in [3.8, 4) is 11.4 Å². The lowest BCUT2D eigenvalue weighted by molar-refractivity contribution is -0.384. The van der Waals surface area contributed by atoms with Crippen molar-refractivity contribution in [2.75, 3.05) is 18.2 Å². The molecule has 2 heterocycles. The molecule has 32 heavy (non-hydrogen) atoms. The summed E-state index contributed by atoms with van der Waals surface area (Å²) >= 11 is 1.04. The maximum atomic E-state index is 12.4. The number of nitrogens with one attached hydrogen (secondary N) is 2. The molecule has 0 saturated heterocycles. The van der Waals surface area contributed by atoms with E-state index in [4.69, 9.17) is 4.74 Å². The molecule has 0 fully saturated rings. The molecule has 11 nitrogen and oxygen atoms in total. The van der Waals surface area contributed by atoms with E-state index >= 15 is 0 Å². The molecule has 2 aromatic carbocycles. The summed E-state index contributed by atoms with van der Waals surface area (Å²) in [5.41, 5.74) is 0.902. The molecule has 2 aromatic heterocycles. The highest BCUT2D eigenvalue weighted by molar-refractivity contribution is 7.99. The minimum Gasteiger partial charge on any atom is -0.494 e. The number of H-pyrrole nitrogens is 1. The summed E-state index contributed by atoms with van der Waals surface area (Å²) in [6.45, 7) is 0. The Morgan fingerprint density at radius 3 is 2.78 bits per heavy atom. The molecule has 2 N–H and O–H groups in total. The summed E-state index contributed by atoms with van der Waals surface area (Å²) in [6.07, 6.45) is 1.44. The zero-order chi connectivity index (χ0) is 22.7. The average molecular weight is 452 g/mol. The van der Waals surface area contributed by atoms with Crippen LogP contribution in [0.5, 0.6) is 5.75 Å². The fourth-order valence-corrected chi connectivity index (χ4v) is 3.60. The van der Waals surface area contributed by atoms with Crippen molar-refractivity contribution >= 4 is 40.1 Å². The molecule has 1 amide bonds. The zero-order valence-electron chi connectivity index (χ0n) is 16.6. The van der Waals surface area contributed by atoms with Crippen LogP contribution >= 0.6 is 11.8 Å². The minimum atomic E-state index is -0.553. The zero-order valence-corrected chi connectivity index (χ0v) is 17.5. The van der Waals surface area contributed by atoms with E-state index in [-0.39, 0.29) is 27.9 Å². The van der Waals surface area contributed by atoms with Crippen LogP contribution in [0.4, 0.5) is 11.4 Å². The highest BCUT2D eigenvalue weighted by Gasteiger charge is 2.15. The van der Waals surface area contributed by atoms with Gasteiger partial charge in [0.05, 0.1) is 41.4 Å². The van der Waals surface area contributed by atoms with Gasteiger partial charge in [-0.1, -0.05) is 30.0 Å². The number of ether oxygens (including phenoxy) is 1. The highest BCUT2D eigenvalue weighted by Crippen LogP contribution is 2.29. The number of anilines is 1. The van der Waals surface area contributed by atoms with E-state index in [9.17, 15) is 19.7 Å². The molecule has 0 spiro atoms. The van der Waals surface area contributed by atoms with Crippen LogP contribution in [0.25, 0.3) is 16.7 Å². The second-order valence-corrected chi connectivity index (χ2v) is 7.44. The van der Waals surface area contributed by atoms with Crippen molar-refractivity contribution < 1.29 is 14.5 Å². The Bertz CT molecular complexity index is 1370. The van der Waals surface area contributed by atoms with Gasteiger partial charge in [-0.25, -0.2) is 9.67 Å². The van der Waals surface area contributed by atoms with Crippen molar-refractivity contribution in [3.63, 3.8) is 0 Å². The third-order valence-electron chi connectivity index (χ3n) is 4.43. The van der Waals surface area contributed by atoms with Crippen molar-refractivity contribution in [1.29, 1.82) is 0 Å². The number of hydrogen-bond acceptors (Lipinski definition) is 8. The maximum Gasteiger partial charge on any atom is 0.273 e. The van der Waals surface area contributed by atoms with Crippen molar-refractivity contribution in [1.82, 2.24) is 19.7 Å². The first-order valence-corrected chi connectivity index (χ1v) is 10.2. The van der Waals surface area contributed by atoms with Gasteiger partial charge in [-0.15, -0.1) is 0 Å². The number of nitro benzene ring substituents is 1. The first-order chi connectivity index (χ1) is 15.5. The van der Waals surface area contributed by atoms with Crippen LogP contribution in [0.2, 0.25) is 0 Å². The summed E-state index contributed by atoms with van der Waals surface area (Å²) < 4.78 is 6.67. The average Bonchev–Trinajstić information content (AvgIpc) is 3.23. The van der Waals surface area contributed by atoms with E-state index in [0.717, 1.165) is 17.4 Å². The molecular weight excluding hydrogens is 436 g/mol. The fourth-order valence-electron chi connectivity index (χ4n) is 2.94. The Hall–Kier alpha value is -4.19. The van der Waals surface area contributed by atoms with Gasteiger partial charge in [-0.3, -0.25) is 19.7 Å². The van der Waals surface area contributed by atoms with Gasteiger partial charge in [0.15, 0.2) is 10.8 Å². The number of nitro groups is 1. The molecule has 4 aromatic rings. The van der Waals surface area contributed by atoms with Gasteiger partial charge in [-0.05, 0) is 18.2 Å². The number of methoxy groups -OCH3 is 1. The highest BCUT2D eigenvalue weighted by atomic mass is 32.2. The van der Waals surface area contributed by atoms with Crippen LogP contribution in [-0.2, 0) is 4.79 Å². The van der Waals surface area contributed by atoms with E-state index in [2.05, 4.69) is 20.4 Å². The molecule has 0 aliphatic heterocycles. The number of carbonyl (C=O) groups excluding carboxylic acids is 1. The van der Waals surface area contributed by atoms with Gasteiger partial charge in [0.2, 0.25) is 5.91 Å². The molecule has 12 heteroatoms. The quantitative estimate of drug-likeness (QED) is 0.188. The Labute approximate surface area is 184 Å². The summed E-state index contributed by atoms with van der Waals surface area (Å²) in [5, 5.41) is 18.4. The molecule has 0 unspecified atom stereocenters. The lowest BCUT2D eigenvalue weighted by Crippen LogP contribution is -2.16. The number of benzene rings is 2. The number of nitrogens with zero attached hydrogens (tertiary/aromatic N) is 4. The molecule has 0 bridgehead atoms. The van der Waals surface area contributed by atoms with Gasteiger partial charge in [0.1, 0.15) is 11.1 Å². The van der Waals surface area contributed by atoms with Crippen molar-refractivity contribution in [3.05, 3.63) is 75.2 Å². The van der Waals surface area contributed by atoms with Crippen molar-refractivity contribution in [2.24, 2.45) is 0 Å². The number of aromatic nitrogens is 4. The van der Waals surface area contributed by atoms with Crippen LogP contribution in [0.3, 0.4) is 0 Å². The first-order valence-electron chi connectivity index (χ1n) is 9.25. The first kappa shape index (κ1) is 21.1. The van der Waals surface area contributed by atoms with E-state index in [1.54, 1.807) is 4.68 Å². The van der Waals surface area contributed by atoms with Crippen LogP contribution in [0, 0.1) is 10.1 Å². The number of amides is 1. The molecule has 162 valence electrons. The standard InChI is InChI=1S/C20H16N6O5S/c1-31-16-9-13(26(29)30)7-8-15(16)22-17(27)11-32-20-23-18-14(19(28)24-20)10-21-25(18)12-5-3-2-4-6-12/h2-10H,11H2,1H3,(H,22,27)(H,23,24,28). The molecule has 0 radical (unpaired) electrons. The van der Waals surface area contributed by atoms with Crippen LogP contribution in [0.15, 0.2) is 64.7 Å². The van der Waals surface area contributed by atoms with Crippen molar-refractivity contribution in [2.45, 2.75) is 5.16 Å². The smallest absolute Gasteiger partial charge is 0.273 e. The molecule has 4 rings (SSSR count). The maximum absolute atomic E-state index is 12.4. The molecular formula is C20H16N6O5S. The largest absolute Gasteiger partial charge is 0.494 e. The number of fused-ring (bicyclic) bond motifs is 1. The SMILES string of the molecule is COc1cc([N+](=O)[O-])ccc1NC(=O)CSc1nc2c(cnn2-c2ccccc2)c(=O)[nH]1. The summed E-state index contributed by atoms with van der Waals surface area (Å²) in [6, 6.07) is 13.1. The van der Waals surface area contributed by atoms with Crippen LogP contribution in [0.1, 0.15) is 0 Å². The second kappa shape index (κ2) is 8.89. The third-order valence-corrected chi connectivity index (χ3v) is 5.30. The fraction of sp³-hybridized carbons (Fsp3) is 0.100. The van der Waals surface area contributed by atoms with Crippen LogP contribution in [-0.4, -0.2) is 43.4 Å². The Morgan fingerprint density at radius 1 is 1.28 bits per heavy atom. The van der Waals surface area contributed by atoms with Gasteiger partial charge < -0.3 is 15.0 Å². The normalized spacial score (nSPS) is 10.8. The molecule has 0 atom stereocenters. The number of para-hydroxylation sites is 1. The van der Waals surface area contributed by atoms with Gasteiger partial charge in [-0.2, -0.15) is 5.10 Å². The van der Waals surface area contributed by atoms with Gasteiger partial charge >= 0.3 is 0 Å². The Balaban J connectivity index is 1.51. The van der Waals surface area contributed by atoms with Crippen LogP contribution < -0.4 is 15.6 Å². The Morgan fingerprint density at radius 2 is 2.06 bits per heavy atom. The lowest BCUT2D eigenvalue weighted by atomic mass is 10.2. The third kappa shape index (κ3) is 4.30. The number of rotatable bonds is 7. The monoisotopic (exact) mass is 452 g/mol. The van der Waals surface area contributed by atoms with Gasteiger partial charge in [0.25, 0.3) is 11.2 Å². The van der Waals surface area contributed by atoms with E-state index in [0.29, 0.717) is 16.7 Å². The second-order valence-electron chi connectivity index (χ2n) is 6.48. The number of carbonyl (C=O) groups is 1. The number of thioether (sulfide) groups is 1. The summed E-state index contributed by atoms with van der Waals surface area (Å²) in [7, 11) is 1.35. The molecule has 0 saturated carbocycles. The summed E-state index contributed by atoms with van der Waals surface area (Å²) in [5.74, 6) is -0.299. The summed E-state index contributed by atoms with van der Waals surface area (Å²) in [4.78, 5) is 42.2. The predicted molar refractivity (Wildman–Crippen MR) is 118 cm³/mol. The minimum absolute atomic E-state index is 0.0614. The van der Waals surface area contributed by atoms with E-state index < -0.39 is 10.8 Å². The lowest BCUT2D eigenvalue weighted by Gasteiger charge is -2.09. The van der Waals surface area contributed by atoms with E-state index in [1.165, 1.54) is 31.5 Å². The molecule has 0 aliphatic rings. The molecule has 0 aliphatic carbocycles. The van der Waals surface area contributed by atoms with Gasteiger partial charge in [0, 0.05) is 6.07 Å². The van der Waals surface area contributed by atoms with E-state index in [1.807, 2.05) is 30.3 Å². The topological polar surface area (TPSA) is 145 Å². The number of non-ortho nitro benzene ring substituents is 1. The number of aromatic amines is 1. The number of hydrogen-bond donors (Lipinski definition) is 2.